The average Bonchev–Trinajstić information content (AvgIpc) is 2.94. The summed E-state index contributed by atoms with van der Waals surface area (Å²) in [6.07, 6.45) is 3.59. The Morgan fingerprint density at radius 2 is 2.28 bits per heavy atom. The van der Waals surface area contributed by atoms with Gasteiger partial charge in [-0.15, -0.1) is 0 Å². The van der Waals surface area contributed by atoms with Crippen molar-refractivity contribution in [1.29, 1.82) is 0 Å². The van der Waals surface area contributed by atoms with Gasteiger partial charge in [0.25, 0.3) is 5.91 Å². The van der Waals surface area contributed by atoms with Crippen LogP contribution in [0.25, 0.3) is 0 Å². The number of anilines is 1. The minimum absolute atomic E-state index is 0.112. The summed E-state index contributed by atoms with van der Waals surface area (Å²) in [5.74, 6) is -0.112. The molecule has 1 aromatic rings. The van der Waals surface area contributed by atoms with E-state index in [1.54, 1.807) is 18.2 Å². The van der Waals surface area contributed by atoms with Crippen LogP contribution < -0.4 is 11.1 Å². The van der Waals surface area contributed by atoms with Crippen molar-refractivity contribution in [1.82, 2.24) is 5.32 Å². The summed E-state index contributed by atoms with van der Waals surface area (Å²) in [6, 6.07) is 5.06. The van der Waals surface area contributed by atoms with E-state index in [0.717, 1.165) is 19.3 Å². The number of fused-ring (bicyclic) bond motifs is 2. The number of hydrogen-bond acceptors (Lipinski definition) is 3. The first-order valence-electron chi connectivity index (χ1n) is 6.15. The van der Waals surface area contributed by atoms with Crippen molar-refractivity contribution in [2.24, 2.45) is 0 Å². The molecule has 0 spiro atoms. The second kappa shape index (κ2) is 4.44. The summed E-state index contributed by atoms with van der Waals surface area (Å²) in [5.41, 5.74) is 6.66. The van der Waals surface area contributed by atoms with E-state index in [4.69, 9.17) is 22.1 Å². The highest BCUT2D eigenvalue weighted by Crippen LogP contribution is 2.34. The fourth-order valence-electron chi connectivity index (χ4n) is 2.73. The zero-order valence-electron chi connectivity index (χ0n) is 9.86. The zero-order chi connectivity index (χ0) is 12.7. The minimum Gasteiger partial charge on any atom is -0.398 e. The maximum atomic E-state index is 12.1. The molecule has 1 aromatic carbocycles. The highest BCUT2D eigenvalue weighted by molar-refractivity contribution is 6.33. The van der Waals surface area contributed by atoms with Crippen LogP contribution in [-0.4, -0.2) is 24.2 Å². The fourth-order valence-corrected chi connectivity index (χ4v) is 2.84. The fraction of sp³-hybridized carbons (Fsp3) is 0.462. The highest BCUT2D eigenvalue weighted by Gasteiger charge is 2.41. The molecular formula is C13H15ClN2O2. The second-order valence-corrected chi connectivity index (χ2v) is 5.33. The third-order valence-electron chi connectivity index (χ3n) is 3.68. The number of ether oxygens (including phenoxy) is 1. The van der Waals surface area contributed by atoms with Crippen LogP contribution in [0.3, 0.4) is 0 Å². The summed E-state index contributed by atoms with van der Waals surface area (Å²) >= 11 is 5.83. The average molecular weight is 267 g/mol. The molecule has 3 atom stereocenters. The summed E-state index contributed by atoms with van der Waals surface area (Å²) < 4.78 is 5.70. The minimum atomic E-state index is -0.112. The molecule has 2 heterocycles. The topological polar surface area (TPSA) is 64.4 Å². The number of halogens is 1. The van der Waals surface area contributed by atoms with E-state index < -0.39 is 0 Å². The lowest BCUT2D eigenvalue weighted by Gasteiger charge is -2.20. The van der Waals surface area contributed by atoms with Crippen LogP contribution in [0, 0.1) is 0 Å². The number of nitrogen functional groups attached to an aromatic ring is 1. The van der Waals surface area contributed by atoms with Gasteiger partial charge < -0.3 is 15.8 Å². The van der Waals surface area contributed by atoms with Gasteiger partial charge in [-0.3, -0.25) is 4.79 Å². The third kappa shape index (κ3) is 2.06. The molecule has 2 fully saturated rings. The molecule has 0 aliphatic carbocycles. The monoisotopic (exact) mass is 266 g/mol. The molecule has 2 aliphatic rings. The van der Waals surface area contributed by atoms with E-state index in [9.17, 15) is 4.79 Å². The van der Waals surface area contributed by atoms with Crippen LogP contribution in [0.2, 0.25) is 5.02 Å². The largest absolute Gasteiger partial charge is 0.398 e. The number of nitrogens with one attached hydrogen (secondary N) is 1. The molecule has 18 heavy (non-hydrogen) atoms. The predicted octanol–water partition coefficient (Wildman–Crippen LogP) is 1.97. The number of nitrogens with two attached hydrogens (primary N) is 1. The van der Waals surface area contributed by atoms with Gasteiger partial charge in [0, 0.05) is 5.56 Å². The molecule has 3 rings (SSSR count). The maximum absolute atomic E-state index is 12.1. The van der Waals surface area contributed by atoms with Gasteiger partial charge in [-0.2, -0.15) is 0 Å². The van der Waals surface area contributed by atoms with E-state index in [0.29, 0.717) is 22.4 Å². The standard InChI is InChI=1S/C13H15ClN2O2/c14-9-3-1-7(5-10(9)15)13(17)16-11-6-8-2-4-12(11)18-8/h1,3,5,8,11-12H,2,4,6,15H2,(H,16,17). The molecule has 0 aromatic heterocycles. The molecule has 0 saturated carbocycles. The van der Waals surface area contributed by atoms with Gasteiger partial charge in [-0.25, -0.2) is 0 Å². The molecule has 4 nitrogen and oxygen atoms in total. The molecule has 0 radical (unpaired) electrons. The van der Waals surface area contributed by atoms with Crippen LogP contribution >= 0.6 is 11.6 Å². The lowest BCUT2D eigenvalue weighted by atomic mass is 9.95. The first-order valence-corrected chi connectivity index (χ1v) is 6.52. The van der Waals surface area contributed by atoms with Gasteiger partial charge in [0.2, 0.25) is 0 Å². The van der Waals surface area contributed by atoms with E-state index in [-0.39, 0.29) is 18.1 Å². The number of carbonyl (C=O) groups is 1. The van der Waals surface area contributed by atoms with Crippen LogP contribution in [0.1, 0.15) is 29.6 Å². The Balaban J connectivity index is 1.69. The Morgan fingerprint density at radius 1 is 1.44 bits per heavy atom. The van der Waals surface area contributed by atoms with Crippen molar-refractivity contribution in [3.05, 3.63) is 28.8 Å². The lowest BCUT2D eigenvalue weighted by molar-refractivity contribution is 0.0841. The normalized spacial score (nSPS) is 29.5. The van der Waals surface area contributed by atoms with Crippen molar-refractivity contribution < 1.29 is 9.53 Å². The van der Waals surface area contributed by atoms with Crippen molar-refractivity contribution in [3.8, 4) is 0 Å². The first kappa shape index (κ1) is 11.8. The smallest absolute Gasteiger partial charge is 0.251 e. The van der Waals surface area contributed by atoms with E-state index >= 15 is 0 Å². The van der Waals surface area contributed by atoms with Crippen LogP contribution in [0.4, 0.5) is 5.69 Å². The maximum Gasteiger partial charge on any atom is 0.251 e. The number of hydrogen-bond donors (Lipinski definition) is 2. The van der Waals surface area contributed by atoms with E-state index in [1.165, 1.54) is 0 Å². The number of benzene rings is 1. The summed E-state index contributed by atoms with van der Waals surface area (Å²) in [7, 11) is 0. The zero-order valence-corrected chi connectivity index (χ0v) is 10.6. The van der Waals surface area contributed by atoms with E-state index in [2.05, 4.69) is 5.32 Å². The first-order chi connectivity index (χ1) is 8.63. The SMILES string of the molecule is Nc1cc(C(=O)NC2CC3CCC2O3)ccc1Cl. The van der Waals surface area contributed by atoms with Crippen molar-refractivity contribution in [2.45, 2.75) is 37.5 Å². The Bertz CT molecular complexity index is 492. The molecule has 1 amide bonds. The summed E-state index contributed by atoms with van der Waals surface area (Å²) in [6.45, 7) is 0. The van der Waals surface area contributed by atoms with Crippen LogP contribution in [-0.2, 0) is 4.74 Å². The molecule has 2 bridgehead atoms. The second-order valence-electron chi connectivity index (χ2n) is 4.93. The third-order valence-corrected chi connectivity index (χ3v) is 4.02. The molecule has 3 unspecified atom stereocenters. The van der Waals surface area contributed by atoms with Gasteiger partial charge in [-0.05, 0) is 37.5 Å². The molecule has 3 N–H and O–H groups in total. The molecule has 96 valence electrons. The number of rotatable bonds is 2. The van der Waals surface area contributed by atoms with Crippen molar-refractivity contribution >= 4 is 23.2 Å². The summed E-state index contributed by atoms with van der Waals surface area (Å²) in [5, 5.41) is 3.48. The van der Waals surface area contributed by atoms with Gasteiger partial charge in [0.1, 0.15) is 0 Å². The van der Waals surface area contributed by atoms with Crippen LogP contribution in [0.15, 0.2) is 18.2 Å². The Hall–Kier alpha value is -1.26. The number of amides is 1. The van der Waals surface area contributed by atoms with Crippen molar-refractivity contribution in [2.75, 3.05) is 5.73 Å². The quantitative estimate of drug-likeness (QED) is 0.805. The molecule has 2 aliphatic heterocycles. The lowest BCUT2D eigenvalue weighted by Crippen LogP contribution is -2.41. The van der Waals surface area contributed by atoms with Gasteiger partial charge >= 0.3 is 0 Å². The van der Waals surface area contributed by atoms with Crippen LogP contribution in [0.5, 0.6) is 0 Å². The predicted molar refractivity (Wildman–Crippen MR) is 69.6 cm³/mol. The summed E-state index contributed by atoms with van der Waals surface area (Å²) in [4.78, 5) is 12.1. The Kier molecular flexibility index (Phi) is 2.92. The van der Waals surface area contributed by atoms with E-state index in [1.807, 2.05) is 0 Å². The number of carbonyl (C=O) groups excluding carboxylic acids is 1. The Labute approximate surface area is 110 Å². The highest BCUT2D eigenvalue weighted by atomic mass is 35.5. The Morgan fingerprint density at radius 3 is 2.89 bits per heavy atom. The molecule has 5 heteroatoms. The van der Waals surface area contributed by atoms with Gasteiger partial charge in [0.05, 0.1) is 29.0 Å². The van der Waals surface area contributed by atoms with Crippen molar-refractivity contribution in [3.63, 3.8) is 0 Å². The molecular weight excluding hydrogens is 252 g/mol. The van der Waals surface area contributed by atoms with Gasteiger partial charge in [-0.1, -0.05) is 11.6 Å². The van der Waals surface area contributed by atoms with Gasteiger partial charge in [0.15, 0.2) is 0 Å². The molecule has 2 saturated heterocycles.